The fourth-order valence-electron chi connectivity index (χ4n) is 2.38. The largest absolute Gasteiger partial charge is 0.508 e. The van der Waals surface area contributed by atoms with Crippen LogP contribution in [-0.4, -0.2) is 21.9 Å². The zero-order chi connectivity index (χ0) is 15.8. The van der Waals surface area contributed by atoms with Crippen molar-refractivity contribution in [3.05, 3.63) is 59.2 Å². The molecule has 3 nitrogen and oxygen atoms in total. The number of aryl methyl sites for hydroxylation is 1. The minimum Gasteiger partial charge on any atom is -0.508 e. The average molecular weight is 298 g/mol. The van der Waals surface area contributed by atoms with E-state index in [1.165, 1.54) is 11.6 Å². The van der Waals surface area contributed by atoms with Crippen LogP contribution in [0, 0.1) is 0 Å². The standard InChI is InChI=1S/C19H22O3/c20-10-3-1-2-5-15-6-4-7-16(11-15)8-9-17-12-18(21)14-19(22)13-17/h4,6-9,11-14,20-22H,1-3,5,10H2/b9-8+. The first-order valence-electron chi connectivity index (χ1n) is 7.58. The van der Waals surface area contributed by atoms with Gasteiger partial charge in [-0.3, -0.25) is 0 Å². The highest BCUT2D eigenvalue weighted by Crippen LogP contribution is 2.22. The van der Waals surface area contributed by atoms with Gasteiger partial charge in [0, 0.05) is 12.7 Å². The van der Waals surface area contributed by atoms with Crippen molar-refractivity contribution in [2.45, 2.75) is 25.7 Å². The molecule has 3 heteroatoms. The number of aromatic hydroxyl groups is 2. The maximum Gasteiger partial charge on any atom is 0.119 e. The van der Waals surface area contributed by atoms with Crippen molar-refractivity contribution in [3.8, 4) is 11.5 Å². The summed E-state index contributed by atoms with van der Waals surface area (Å²) in [6.07, 6.45) is 7.82. The molecular formula is C19H22O3. The van der Waals surface area contributed by atoms with Gasteiger partial charge in [0.05, 0.1) is 0 Å². The van der Waals surface area contributed by atoms with Crippen molar-refractivity contribution < 1.29 is 15.3 Å². The monoisotopic (exact) mass is 298 g/mol. The minimum atomic E-state index is 0.0530. The Labute approximate surface area is 131 Å². The van der Waals surface area contributed by atoms with Crippen molar-refractivity contribution in [1.82, 2.24) is 0 Å². The summed E-state index contributed by atoms with van der Waals surface area (Å²) in [7, 11) is 0. The molecule has 0 heterocycles. The van der Waals surface area contributed by atoms with Crippen LogP contribution in [0.15, 0.2) is 42.5 Å². The lowest BCUT2D eigenvalue weighted by Crippen LogP contribution is -1.88. The van der Waals surface area contributed by atoms with Gasteiger partial charge in [-0.25, -0.2) is 0 Å². The third-order valence-corrected chi connectivity index (χ3v) is 3.47. The van der Waals surface area contributed by atoms with Gasteiger partial charge in [0.2, 0.25) is 0 Å². The fourth-order valence-corrected chi connectivity index (χ4v) is 2.38. The quantitative estimate of drug-likeness (QED) is 0.535. The number of hydrogen-bond donors (Lipinski definition) is 3. The average Bonchev–Trinajstić information content (AvgIpc) is 2.49. The summed E-state index contributed by atoms with van der Waals surface area (Å²) in [5.41, 5.74) is 3.12. The molecular weight excluding hydrogens is 276 g/mol. The molecule has 22 heavy (non-hydrogen) atoms. The molecule has 116 valence electrons. The van der Waals surface area contributed by atoms with Crippen molar-refractivity contribution >= 4 is 12.2 Å². The van der Waals surface area contributed by atoms with Crippen molar-refractivity contribution in [3.63, 3.8) is 0 Å². The Bertz CT molecular complexity index is 612. The molecule has 0 amide bonds. The van der Waals surface area contributed by atoms with Crippen molar-refractivity contribution in [1.29, 1.82) is 0 Å². The van der Waals surface area contributed by atoms with E-state index < -0.39 is 0 Å². The number of aliphatic hydroxyl groups excluding tert-OH is 1. The van der Waals surface area contributed by atoms with Gasteiger partial charge in [0.1, 0.15) is 11.5 Å². The van der Waals surface area contributed by atoms with Crippen LogP contribution < -0.4 is 0 Å². The van der Waals surface area contributed by atoms with E-state index in [4.69, 9.17) is 5.11 Å². The number of rotatable bonds is 7. The van der Waals surface area contributed by atoms with Gasteiger partial charge in [0.25, 0.3) is 0 Å². The second-order valence-corrected chi connectivity index (χ2v) is 5.40. The zero-order valence-electron chi connectivity index (χ0n) is 12.6. The molecule has 0 bridgehead atoms. The predicted molar refractivity (Wildman–Crippen MR) is 89.8 cm³/mol. The van der Waals surface area contributed by atoms with E-state index in [-0.39, 0.29) is 18.1 Å². The Morgan fingerprint density at radius 1 is 0.773 bits per heavy atom. The third kappa shape index (κ3) is 5.26. The lowest BCUT2D eigenvalue weighted by molar-refractivity contribution is 0.283. The molecule has 3 N–H and O–H groups in total. The highest BCUT2D eigenvalue weighted by Gasteiger charge is 1.97. The topological polar surface area (TPSA) is 60.7 Å². The number of aliphatic hydroxyl groups is 1. The molecule has 0 atom stereocenters. The van der Waals surface area contributed by atoms with E-state index in [0.717, 1.165) is 36.8 Å². The van der Waals surface area contributed by atoms with Crippen LogP contribution >= 0.6 is 0 Å². The number of phenols is 2. The minimum absolute atomic E-state index is 0.0530. The van der Waals surface area contributed by atoms with Crippen LogP contribution in [-0.2, 0) is 6.42 Å². The second kappa shape index (κ2) is 8.25. The molecule has 0 fully saturated rings. The molecule has 0 aliphatic carbocycles. The molecule has 2 aromatic rings. The second-order valence-electron chi connectivity index (χ2n) is 5.40. The summed E-state index contributed by atoms with van der Waals surface area (Å²) in [6, 6.07) is 12.8. The first kappa shape index (κ1) is 16.1. The van der Waals surface area contributed by atoms with E-state index in [9.17, 15) is 10.2 Å². The van der Waals surface area contributed by atoms with E-state index in [0.29, 0.717) is 0 Å². The van der Waals surface area contributed by atoms with Gasteiger partial charge in [0.15, 0.2) is 0 Å². The zero-order valence-corrected chi connectivity index (χ0v) is 12.6. The molecule has 0 unspecified atom stereocenters. The molecule has 2 rings (SSSR count). The van der Waals surface area contributed by atoms with Crippen LogP contribution in [0.1, 0.15) is 36.0 Å². The normalized spacial score (nSPS) is 11.1. The van der Waals surface area contributed by atoms with Gasteiger partial charge in [-0.2, -0.15) is 0 Å². The van der Waals surface area contributed by atoms with E-state index >= 15 is 0 Å². The first-order valence-corrected chi connectivity index (χ1v) is 7.58. The van der Waals surface area contributed by atoms with Gasteiger partial charge in [-0.15, -0.1) is 0 Å². The van der Waals surface area contributed by atoms with Crippen molar-refractivity contribution in [2.75, 3.05) is 6.61 Å². The van der Waals surface area contributed by atoms with E-state index in [2.05, 4.69) is 12.1 Å². The van der Waals surface area contributed by atoms with Crippen LogP contribution in [0.3, 0.4) is 0 Å². The summed E-state index contributed by atoms with van der Waals surface area (Å²) in [5, 5.41) is 27.7. The molecule has 0 saturated carbocycles. The SMILES string of the molecule is OCCCCCc1cccc(/C=C/c2cc(O)cc(O)c2)c1. The maximum absolute atomic E-state index is 9.46. The lowest BCUT2D eigenvalue weighted by Gasteiger charge is -2.03. The highest BCUT2D eigenvalue weighted by atomic mass is 16.3. The lowest BCUT2D eigenvalue weighted by atomic mass is 10.0. The van der Waals surface area contributed by atoms with E-state index in [1.54, 1.807) is 12.1 Å². The summed E-state index contributed by atoms with van der Waals surface area (Å²) >= 11 is 0. The molecule has 0 saturated heterocycles. The Kier molecular flexibility index (Phi) is 6.04. The summed E-state index contributed by atoms with van der Waals surface area (Å²) in [6.45, 7) is 0.263. The first-order chi connectivity index (χ1) is 10.7. The van der Waals surface area contributed by atoms with Gasteiger partial charge in [-0.1, -0.05) is 42.8 Å². The number of unbranched alkanes of at least 4 members (excludes halogenated alkanes) is 2. The predicted octanol–water partition coefficient (Wildman–Crippen LogP) is 3.97. The van der Waals surface area contributed by atoms with Gasteiger partial charge >= 0.3 is 0 Å². The highest BCUT2D eigenvalue weighted by molar-refractivity contribution is 5.71. The Morgan fingerprint density at radius 2 is 1.50 bits per heavy atom. The number of hydrogen-bond acceptors (Lipinski definition) is 3. The molecule has 0 radical (unpaired) electrons. The Morgan fingerprint density at radius 3 is 2.23 bits per heavy atom. The summed E-state index contributed by atoms with van der Waals surface area (Å²) in [4.78, 5) is 0. The van der Waals surface area contributed by atoms with Gasteiger partial charge in [-0.05, 0) is 48.1 Å². The molecule has 0 aromatic heterocycles. The Hall–Kier alpha value is -2.26. The van der Waals surface area contributed by atoms with Crippen LogP contribution in [0.4, 0.5) is 0 Å². The van der Waals surface area contributed by atoms with Crippen LogP contribution in [0.25, 0.3) is 12.2 Å². The van der Waals surface area contributed by atoms with Crippen LogP contribution in [0.2, 0.25) is 0 Å². The molecule has 0 spiro atoms. The fraction of sp³-hybridized carbons (Fsp3) is 0.263. The number of benzene rings is 2. The summed E-state index contributed by atoms with van der Waals surface area (Å²) < 4.78 is 0. The van der Waals surface area contributed by atoms with Crippen molar-refractivity contribution in [2.24, 2.45) is 0 Å². The number of phenolic OH excluding ortho intramolecular Hbond substituents is 2. The third-order valence-electron chi connectivity index (χ3n) is 3.47. The molecule has 2 aromatic carbocycles. The van der Waals surface area contributed by atoms with E-state index in [1.807, 2.05) is 24.3 Å². The molecule has 0 aliphatic heterocycles. The van der Waals surface area contributed by atoms with Gasteiger partial charge < -0.3 is 15.3 Å². The van der Waals surface area contributed by atoms with Crippen LogP contribution in [0.5, 0.6) is 11.5 Å². The Balaban J connectivity index is 2.01. The maximum atomic E-state index is 9.46. The molecule has 0 aliphatic rings. The summed E-state index contributed by atoms with van der Waals surface area (Å²) in [5.74, 6) is 0.106. The smallest absolute Gasteiger partial charge is 0.119 e.